The zero-order valence-electron chi connectivity index (χ0n) is 6.59. The number of pyridine rings is 1. The number of fused-ring (bicyclic) bond motifs is 1. The van der Waals surface area contributed by atoms with Crippen LogP contribution in [0.15, 0.2) is 28.7 Å². The molecule has 0 radical (unpaired) electrons. The first-order valence-electron chi connectivity index (χ1n) is 3.69. The van der Waals surface area contributed by atoms with Crippen LogP contribution in [0.2, 0.25) is 5.15 Å². The van der Waals surface area contributed by atoms with Gasteiger partial charge < -0.3 is 5.73 Å². The number of nitrogens with two attached hydrogens (primary N) is 1. The van der Waals surface area contributed by atoms with E-state index in [0.717, 1.165) is 15.4 Å². The Balaban J connectivity index is 2.87. The van der Waals surface area contributed by atoms with Crippen LogP contribution in [-0.2, 0) is 0 Å². The largest absolute Gasteiger partial charge is 0.398 e. The van der Waals surface area contributed by atoms with Crippen LogP contribution < -0.4 is 5.73 Å². The fourth-order valence-electron chi connectivity index (χ4n) is 1.16. The van der Waals surface area contributed by atoms with Crippen LogP contribution in [-0.4, -0.2) is 4.98 Å². The molecular formula is C9H6BrClN2. The number of halogens is 2. The predicted octanol–water partition coefficient (Wildman–Crippen LogP) is 3.23. The number of anilines is 1. The van der Waals surface area contributed by atoms with E-state index in [4.69, 9.17) is 17.3 Å². The Morgan fingerprint density at radius 3 is 2.77 bits per heavy atom. The van der Waals surface area contributed by atoms with E-state index in [9.17, 15) is 0 Å². The standard InChI is InChI=1S/C9H6BrClN2/c10-9-5-1-4-8(11)13-7(5)3-2-6(9)12/h1-4H,12H2. The van der Waals surface area contributed by atoms with Gasteiger partial charge in [-0.25, -0.2) is 4.98 Å². The molecule has 13 heavy (non-hydrogen) atoms. The molecular weight excluding hydrogens is 251 g/mol. The lowest BCUT2D eigenvalue weighted by Crippen LogP contribution is -1.88. The van der Waals surface area contributed by atoms with Gasteiger partial charge in [0.2, 0.25) is 0 Å². The van der Waals surface area contributed by atoms with Gasteiger partial charge in [-0.1, -0.05) is 11.6 Å². The zero-order valence-corrected chi connectivity index (χ0v) is 8.93. The van der Waals surface area contributed by atoms with E-state index in [2.05, 4.69) is 20.9 Å². The van der Waals surface area contributed by atoms with Gasteiger partial charge in [-0.15, -0.1) is 0 Å². The third-order valence-electron chi connectivity index (χ3n) is 1.80. The molecule has 0 saturated heterocycles. The molecule has 0 fully saturated rings. The van der Waals surface area contributed by atoms with Gasteiger partial charge in [-0.05, 0) is 40.2 Å². The molecule has 1 aromatic heterocycles. The molecule has 4 heteroatoms. The number of rotatable bonds is 0. The minimum absolute atomic E-state index is 0.490. The SMILES string of the molecule is Nc1ccc2nc(Cl)ccc2c1Br. The van der Waals surface area contributed by atoms with Crippen LogP contribution in [0.3, 0.4) is 0 Å². The summed E-state index contributed by atoms with van der Waals surface area (Å²) in [6.07, 6.45) is 0. The molecule has 0 atom stereocenters. The predicted molar refractivity (Wildman–Crippen MR) is 58.9 cm³/mol. The van der Waals surface area contributed by atoms with E-state index in [-0.39, 0.29) is 0 Å². The second-order valence-electron chi connectivity index (χ2n) is 2.67. The van der Waals surface area contributed by atoms with Gasteiger partial charge >= 0.3 is 0 Å². The highest BCUT2D eigenvalue weighted by Crippen LogP contribution is 2.29. The Bertz CT molecular complexity index is 470. The van der Waals surface area contributed by atoms with Crippen molar-refractivity contribution in [2.24, 2.45) is 0 Å². The first-order chi connectivity index (χ1) is 6.18. The Labute approximate surface area is 88.8 Å². The molecule has 66 valence electrons. The van der Waals surface area contributed by atoms with Crippen molar-refractivity contribution in [1.29, 1.82) is 0 Å². The van der Waals surface area contributed by atoms with Crippen molar-refractivity contribution in [2.45, 2.75) is 0 Å². The number of hydrogen-bond acceptors (Lipinski definition) is 2. The highest BCUT2D eigenvalue weighted by atomic mass is 79.9. The molecule has 0 aliphatic rings. The molecule has 0 bridgehead atoms. The molecule has 1 heterocycles. The Morgan fingerprint density at radius 1 is 1.23 bits per heavy atom. The van der Waals surface area contributed by atoms with Crippen molar-refractivity contribution in [2.75, 3.05) is 5.73 Å². The van der Waals surface area contributed by atoms with E-state index in [1.807, 2.05) is 12.1 Å². The average Bonchev–Trinajstić information content (AvgIpc) is 2.12. The molecule has 0 aliphatic carbocycles. The first kappa shape index (κ1) is 8.78. The van der Waals surface area contributed by atoms with Crippen LogP contribution >= 0.6 is 27.5 Å². The maximum atomic E-state index is 5.75. The first-order valence-corrected chi connectivity index (χ1v) is 4.86. The number of aromatic nitrogens is 1. The summed E-state index contributed by atoms with van der Waals surface area (Å²) in [5, 5.41) is 1.47. The number of nitrogens with zero attached hydrogens (tertiary/aromatic N) is 1. The van der Waals surface area contributed by atoms with Crippen molar-refractivity contribution >= 4 is 44.1 Å². The Morgan fingerprint density at radius 2 is 2.00 bits per heavy atom. The summed E-state index contributed by atoms with van der Waals surface area (Å²) < 4.78 is 0.870. The summed E-state index contributed by atoms with van der Waals surface area (Å²) >= 11 is 9.15. The van der Waals surface area contributed by atoms with Gasteiger partial charge in [-0.3, -0.25) is 0 Å². The van der Waals surface area contributed by atoms with Crippen LogP contribution in [0.25, 0.3) is 10.9 Å². The van der Waals surface area contributed by atoms with E-state index >= 15 is 0 Å². The Hall–Kier alpha value is -0.800. The maximum Gasteiger partial charge on any atom is 0.129 e. The number of hydrogen-bond donors (Lipinski definition) is 1. The van der Waals surface area contributed by atoms with Gasteiger partial charge in [0.1, 0.15) is 5.15 Å². The highest BCUT2D eigenvalue weighted by molar-refractivity contribution is 9.10. The smallest absolute Gasteiger partial charge is 0.129 e. The lowest BCUT2D eigenvalue weighted by molar-refractivity contribution is 1.41. The fraction of sp³-hybridized carbons (Fsp3) is 0. The summed E-state index contributed by atoms with van der Waals surface area (Å²) in [6, 6.07) is 7.29. The van der Waals surface area contributed by atoms with Crippen LogP contribution in [0, 0.1) is 0 Å². The van der Waals surface area contributed by atoms with Gasteiger partial charge in [0.15, 0.2) is 0 Å². The lowest BCUT2D eigenvalue weighted by Gasteiger charge is -2.02. The minimum Gasteiger partial charge on any atom is -0.398 e. The second-order valence-corrected chi connectivity index (χ2v) is 3.85. The quantitative estimate of drug-likeness (QED) is 0.581. The van der Waals surface area contributed by atoms with Gasteiger partial charge in [0, 0.05) is 15.5 Å². The molecule has 0 amide bonds. The maximum absolute atomic E-state index is 5.75. The van der Waals surface area contributed by atoms with E-state index in [1.165, 1.54) is 0 Å². The summed E-state index contributed by atoms with van der Waals surface area (Å²) in [5.41, 5.74) is 7.26. The van der Waals surface area contributed by atoms with Gasteiger partial charge in [0.05, 0.1) is 5.52 Å². The van der Waals surface area contributed by atoms with Gasteiger partial charge in [-0.2, -0.15) is 0 Å². The van der Waals surface area contributed by atoms with E-state index in [0.29, 0.717) is 10.8 Å². The van der Waals surface area contributed by atoms with Crippen LogP contribution in [0.1, 0.15) is 0 Å². The molecule has 0 saturated carbocycles. The molecule has 1 aromatic carbocycles. The highest BCUT2D eigenvalue weighted by Gasteiger charge is 2.03. The van der Waals surface area contributed by atoms with E-state index < -0.39 is 0 Å². The third kappa shape index (κ3) is 1.49. The zero-order chi connectivity index (χ0) is 9.42. The van der Waals surface area contributed by atoms with Crippen molar-refractivity contribution < 1.29 is 0 Å². The van der Waals surface area contributed by atoms with Crippen molar-refractivity contribution in [1.82, 2.24) is 4.98 Å². The summed E-state index contributed by atoms with van der Waals surface area (Å²) in [6.45, 7) is 0. The van der Waals surface area contributed by atoms with Crippen molar-refractivity contribution in [3.8, 4) is 0 Å². The molecule has 2 nitrogen and oxygen atoms in total. The monoisotopic (exact) mass is 256 g/mol. The minimum atomic E-state index is 0.490. The van der Waals surface area contributed by atoms with Crippen molar-refractivity contribution in [3.63, 3.8) is 0 Å². The molecule has 0 unspecified atom stereocenters. The molecule has 2 rings (SSSR count). The van der Waals surface area contributed by atoms with Crippen LogP contribution in [0.4, 0.5) is 5.69 Å². The molecule has 0 aliphatic heterocycles. The summed E-state index contributed by atoms with van der Waals surface area (Å²) in [4.78, 5) is 4.16. The third-order valence-corrected chi connectivity index (χ3v) is 2.90. The van der Waals surface area contributed by atoms with E-state index in [1.54, 1.807) is 12.1 Å². The topological polar surface area (TPSA) is 38.9 Å². The van der Waals surface area contributed by atoms with Gasteiger partial charge in [0.25, 0.3) is 0 Å². The number of benzene rings is 1. The second kappa shape index (κ2) is 3.16. The normalized spacial score (nSPS) is 10.6. The average molecular weight is 258 g/mol. The summed E-state index contributed by atoms with van der Waals surface area (Å²) in [5.74, 6) is 0. The fourth-order valence-corrected chi connectivity index (χ4v) is 1.78. The molecule has 2 N–H and O–H groups in total. The molecule has 2 aromatic rings. The lowest BCUT2D eigenvalue weighted by atomic mass is 10.2. The molecule has 0 spiro atoms. The number of nitrogen functional groups attached to an aromatic ring is 1. The Kier molecular flexibility index (Phi) is 2.14. The van der Waals surface area contributed by atoms with Crippen molar-refractivity contribution in [3.05, 3.63) is 33.9 Å². The van der Waals surface area contributed by atoms with Crippen LogP contribution in [0.5, 0.6) is 0 Å². The summed E-state index contributed by atoms with van der Waals surface area (Å²) in [7, 11) is 0.